The molecule has 0 aromatic carbocycles. The minimum Gasteiger partial charge on any atom is -0.481 e. The Labute approximate surface area is 110 Å². The van der Waals surface area contributed by atoms with Crippen molar-refractivity contribution in [2.45, 2.75) is 24.4 Å². The van der Waals surface area contributed by atoms with Crippen LogP contribution in [0.25, 0.3) is 0 Å². The molecular formula is C10H15N3O5S. The maximum atomic E-state index is 12.4. The van der Waals surface area contributed by atoms with Gasteiger partial charge in [-0.3, -0.25) is 4.79 Å². The van der Waals surface area contributed by atoms with E-state index in [1.807, 2.05) is 0 Å². The second-order valence-electron chi connectivity index (χ2n) is 4.28. The van der Waals surface area contributed by atoms with Gasteiger partial charge in [0.25, 0.3) is 10.0 Å². The molecular weight excluding hydrogens is 274 g/mol. The predicted molar refractivity (Wildman–Crippen MR) is 64.1 cm³/mol. The Morgan fingerprint density at radius 3 is 3.00 bits per heavy atom. The molecule has 1 aromatic rings. The molecule has 0 amide bonds. The number of sulfonamides is 1. The molecule has 0 radical (unpaired) electrons. The van der Waals surface area contributed by atoms with Gasteiger partial charge in [0.2, 0.25) is 0 Å². The number of carboxylic acid groups (broad SMARTS) is 1. The molecule has 1 saturated heterocycles. The lowest BCUT2D eigenvalue weighted by Crippen LogP contribution is -2.49. The van der Waals surface area contributed by atoms with Crippen LogP contribution in [-0.2, 0) is 19.6 Å². The molecule has 0 aliphatic carbocycles. The lowest BCUT2D eigenvalue weighted by molar-refractivity contribution is -0.139. The van der Waals surface area contributed by atoms with Gasteiger partial charge in [0.15, 0.2) is 5.03 Å². The largest absolute Gasteiger partial charge is 0.481 e. The van der Waals surface area contributed by atoms with E-state index in [-0.39, 0.29) is 31.2 Å². The molecule has 1 aromatic heterocycles. The van der Waals surface area contributed by atoms with Crippen molar-refractivity contribution in [2.75, 3.05) is 19.8 Å². The Bertz CT molecular complexity index is 567. The minimum absolute atomic E-state index is 0.0257. The first-order valence-corrected chi connectivity index (χ1v) is 7.18. The molecule has 1 fully saturated rings. The van der Waals surface area contributed by atoms with Crippen LogP contribution < -0.4 is 0 Å². The molecule has 2 N–H and O–H groups in total. The van der Waals surface area contributed by atoms with Gasteiger partial charge in [0.05, 0.1) is 31.9 Å². The van der Waals surface area contributed by atoms with E-state index in [4.69, 9.17) is 9.84 Å². The van der Waals surface area contributed by atoms with Gasteiger partial charge in [-0.1, -0.05) is 0 Å². The topological polar surface area (TPSA) is 113 Å². The normalized spacial score (nSPS) is 21.4. The van der Waals surface area contributed by atoms with Crippen LogP contribution in [0.1, 0.15) is 12.2 Å². The van der Waals surface area contributed by atoms with Crippen LogP contribution in [0, 0.1) is 6.92 Å². The maximum absolute atomic E-state index is 12.4. The zero-order valence-electron chi connectivity index (χ0n) is 10.4. The Morgan fingerprint density at radius 2 is 2.42 bits per heavy atom. The molecule has 0 spiro atoms. The molecule has 8 nitrogen and oxygen atoms in total. The highest BCUT2D eigenvalue weighted by Gasteiger charge is 2.36. The van der Waals surface area contributed by atoms with Crippen molar-refractivity contribution in [1.82, 2.24) is 14.3 Å². The number of aryl methyl sites for hydroxylation is 1. The number of hydrogen-bond acceptors (Lipinski definition) is 5. The third-order valence-electron chi connectivity index (χ3n) is 2.85. The number of H-pyrrole nitrogens is 1. The summed E-state index contributed by atoms with van der Waals surface area (Å²) >= 11 is 0. The zero-order chi connectivity index (χ0) is 14.0. The van der Waals surface area contributed by atoms with E-state index < -0.39 is 22.0 Å². The van der Waals surface area contributed by atoms with Crippen molar-refractivity contribution in [3.63, 3.8) is 0 Å². The van der Waals surface area contributed by atoms with Crippen LogP contribution >= 0.6 is 0 Å². The summed E-state index contributed by atoms with van der Waals surface area (Å²) in [6.45, 7) is 2.12. The standard InChI is InChI=1S/C10H15N3O5S/c1-7-11-5-9(12-7)19(16,17)13-2-3-18-6-8(13)4-10(14)15/h5,8H,2-4,6H2,1H3,(H,11,12)(H,14,15). The van der Waals surface area contributed by atoms with Gasteiger partial charge in [-0.15, -0.1) is 0 Å². The average Bonchev–Trinajstić information content (AvgIpc) is 2.76. The van der Waals surface area contributed by atoms with Crippen molar-refractivity contribution < 1.29 is 23.1 Å². The summed E-state index contributed by atoms with van der Waals surface area (Å²) < 4.78 is 31.1. The van der Waals surface area contributed by atoms with Crippen LogP contribution in [0.3, 0.4) is 0 Å². The molecule has 1 aliphatic rings. The smallest absolute Gasteiger partial charge is 0.305 e. The number of nitrogens with one attached hydrogen (secondary N) is 1. The van der Waals surface area contributed by atoms with E-state index in [0.29, 0.717) is 5.82 Å². The van der Waals surface area contributed by atoms with Gasteiger partial charge < -0.3 is 14.8 Å². The Balaban J connectivity index is 2.28. The number of rotatable bonds is 4. The van der Waals surface area contributed by atoms with Gasteiger partial charge in [0.1, 0.15) is 5.82 Å². The van der Waals surface area contributed by atoms with Gasteiger partial charge >= 0.3 is 5.97 Å². The monoisotopic (exact) mass is 289 g/mol. The number of aromatic nitrogens is 2. The molecule has 2 rings (SSSR count). The fourth-order valence-electron chi connectivity index (χ4n) is 1.97. The van der Waals surface area contributed by atoms with Crippen LogP contribution in [0.4, 0.5) is 0 Å². The summed E-state index contributed by atoms with van der Waals surface area (Å²) in [4.78, 5) is 17.3. The van der Waals surface area contributed by atoms with Crippen LogP contribution in [0.15, 0.2) is 11.2 Å². The number of carbonyl (C=O) groups is 1. The second kappa shape index (κ2) is 5.27. The summed E-state index contributed by atoms with van der Waals surface area (Å²) in [6.07, 6.45) is 0.949. The molecule has 0 bridgehead atoms. The van der Waals surface area contributed by atoms with E-state index >= 15 is 0 Å². The maximum Gasteiger partial charge on any atom is 0.305 e. The molecule has 2 heterocycles. The summed E-state index contributed by atoms with van der Waals surface area (Å²) in [7, 11) is -3.76. The molecule has 106 valence electrons. The van der Waals surface area contributed by atoms with Crippen LogP contribution in [0.2, 0.25) is 0 Å². The summed E-state index contributed by atoms with van der Waals surface area (Å²) in [6, 6.07) is -0.695. The minimum atomic E-state index is -3.76. The summed E-state index contributed by atoms with van der Waals surface area (Å²) in [5, 5.41) is 8.80. The first kappa shape index (κ1) is 14.0. The number of aliphatic carboxylic acids is 1. The van der Waals surface area contributed by atoms with E-state index in [1.165, 1.54) is 6.20 Å². The van der Waals surface area contributed by atoms with Crippen molar-refractivity contribution in [3.8, 4) is 0 Å². The lowest BCUT2D eigenvalue weighted by atomic mass is 10.2. The number of carboxylic acids is 1. The highest BCUT2D eigenvalue weighted by atomic mass is 32.2. The third kappa shape index (κ3) is 2.94. The van der Waals surface area contributed by atoms with Gasteiger partial charge in [0, 0.05) is 6.54 Å². The molecule has 9 heteroatoms. The highest BCUT2D eigenvalue weighted by molar-refractivity contribution is 7.89. The van der Waals surface area contributed by atoms with Crippen molar-refractivity contribution in [3.05, 3.63) is 12.0 Å². The predicted octanol–water partition coefficient (Wildman–Crippen LogP) is -0.418. The first-order chi connectivity index (χ1) is 8.91. The van der Waals surface area contributed by atoms with E-state index in [1.54, 1.807) is 6.92 Å². The Kier molecular flexibility index (Phi) is 3.88. The Morgan fingerprint density at radius 1 is 1.68 bits per heavy atom. The fraction of sp³-hybridized carbons (Fsp3) is 0.600. The van der Waals surface area contributed by atoms with Gasteiger partial charge in [-0.2, -0.15) is 4.31 Å². The van der Waals surface area contributed by atoms with E-state index in [0.717, 1.165) is 4.31 Å². The van der Waals surface area contributed by atoms with Crippen LogP contribution in [-0.4, -0.2) is 59.6 Å². The van der Waals surface area contributed by atoms with Crippen molar-refractivity contribution in [2.24, 2.45) is 0 Å². The quantitative estimate of drug-likeness (QED) is 0.778. The van der Waals surface area contributed by atoms with E-state index in [9.17, 15) is 13.2 Å². The van der Waals surface area contributed by atoms with Gasteiger partial charge in [-0.25, -0.2) is 13.4 Å². The number of imidazole rings is 1. The first-order valence-electron chi connectivity index (χ1n) is 5.74. The number of aromatic amines is 1. The number of morpholine rings is 1. The van der Waals surface area contributed by atoms with E-state index in [2.05, 4.69) is 9.97 Å². The Hall–Kier alpha value is -1.45. The van der Waals surface area contributed by atoms with Crippen LogP contribution in [0.5, 0.6) is 0 Å². The number of nitrogens with zero attached hydrogens (tertiary/aromatic N) is 2. The third-order valence-corrected chi connectivity index (χ3v) is 4.71. The highest BCUT2D eigenvalue weighted by Crippen LogP contribution is 2.20. The molecule has 1 aliphatic heterocycles. The molecule has 1 atom stereocenters. The molecule has 19 heavy (non-hydrogen) atoms. The summed E-state index contributed by atoms with van der Waals surface area (Å²) in [5.74, 6) is -0.571. The number of hydrogen-bond donors (Lipinski definition) is 2. The summed E-state index contributed by atoms with van der Waals surface area (Å²) in [5.41, 5.74) is 0. The molecule has 0 saturated carbocycles. The lowest BCUT2D eigenvalue weighted by Gasteiger charge is -2.33. The molecule has 1 unspecified atom stereocenters. The zero-order valence-corrected chi connectivity index (χ0v) is 11.2. The number of ether oxygens (including phenoxy) is 1. The SMILES string of the molecule is Cc1ncc(S(=O)(=O)N2CCOCC2CC(=O)O)[nH]1. The fourth-order valence-corrected chi connectivity index (χ4v) is 3.53. The van der Waals surface area contributed by atoms with Crippen molar-refractivity contribution >= 4 is 16.0 Å². The average molecular weight is 289 g/mol. The second-order valence-corrected chi connectivity index (χ2v) is 6.13. The van der Waals surface area contributed by atoms with Gasteiger partial charge in [-0.05, 0) is 6.92 Å². The van der Waals surface area contributed by atoms with Crippen molar-refractivity contribution in [1.29, 1.82) is 0 Å².